The molecule has 20 heavy (non-hydrogen) atoms. The van der Waals surface area contributed by atoms with E-state index < -0.39 is 42.2 Å². The number of carbonyl (C=O) groups is 1. The smallest absolute Gasteiger partial charge is 0.293 e. The maximum absolute atomic E-state index is 13.6. The van der Waals surface area contributed by atoms with Gasteiger partial charge in [-0.3, -0.25) is 4.79 Å². The van der Waals surface area contributed by atoms with Crippen LogP contribution in [0.25, 0.3) is 0 Å². The highest BCUT2D eigenvalue weighted by atomic mass is 19.3. The molecule has 0 radical (unpaired) electrons. The maximum Gasteiger partial charge on any atom is 0.311 e. The van der Waals surface area contributed by atoms with Crippen LogP contribution in [0.2, 0.25) is 0 Å². The van der Waals surface area contributed by atoms with E-state index >= 15 is 0 Å². The third-order valence-corrected chi connectivity index (χ3v) is 2.52. The Morgan fingerprint density at radius 3 is 1.90 bits per heavy atom. The first-order valence-corrected chi connectivity index (χ1v) is 5.37. The predicted molar refractivity (Wildman–Crippen MR) is 56.0 cm³/mol. The van der Waals surface area contributed by atoms with Gasteiger partial charge in [0.15, 0.2) is 12.3 Å². The van der Waals surface area contributed by atoms with Gasteiger partial charge in [0.25, 0.3) is 6.43 Å². The number of hydrogen-bond acceptors (Lipinski definition) is 1. The van der Waals surface area contributed by atoms with Crippen LogP contribution in [0.1, 0.15) is 5.56 Å². The zero-order chi connectivity index (χ0) is 15.5. The lowest BCUT2D eigenvalue weighted by Gasteiger charge is -2.22. The molecule has 0 bridgehead atoms. The standard InChI is InChI=1S/C12H9F7O/c13-7(8(14)11(16)17)9(20)10(15)12(18,19)6-4-2-1-3-5-6/h1-5,7-8,10-11H. The van der Waals surface area contributed by atoms with E-state index in [1.54, 1.807) is 0 Å². The van der Waals surface area contributed by atoms with Gasteiger partial charge in [0.1, 0.15) is 0 Å². The van der Waals surface area contributed by atoms with Crippen molar-refractivity contribution in [1.29, 1.82) is 0 Å². The molecule has 0 N–H and O–H groups in total. The molecule has 0 amide bonds. The molecule has 0 fully saturated rings. The molecule has 0 heterocycles. The highest BCUT2D eigenvalue weighted by Crippen LogP contribution is 2.35. The largest absolute Gasteiger partial charge is 0.311 e. The second-order valence-electron chi connectivity index (χ2n) is 3.93. The Kier molecular flexibility index (Phi) is 5.13. The van der Waals surface area contributed by atoms with E-state index in [0.29, 0.717) is 0 Å². The minimum Gasteiger partial charge on any atom is -0.293 e. The quantitative estimate of drug-likeness (QED) is 0.733. The van der Waals surface area contributed by atoms with Crippen molar-refractivity contribution in [2.24, 2.45) is 0 Å². The Hall–Kier alpha value is -1.60. The second kappa shape index (κ2) is 6.23. The summed E-state index contributed by atoms with van der Waals surface area (Å²) >= 11 is 0. The molecule has 0 aliphatic heterocycles. The van der Waals surface area contributed by atoms with Crippen LogP contribution in [0.15, 0.2) is 30.3 Å². The van der Waals surface area contributed by atoms with Crippen LogP contribution in [-0.2, 0) is 10.7 Å². The second-order valence-corrected chi connectivity index (χ2v) is 3.93. The molecule has 1 aromatic rings. The molecule has 0 aromatic heterocycles. The first kappa shape index (κ1) is 16.5. The number of halogens is 7. The van der Waals surface area contributed by atoms with Gasteiger partial charge in [-0.05, 0) is 0 Å². The van der Waals surface area contributed by atoms with Gasteiger partial charge in [-0.1, -0.05) is 30.3 Å². The van der Waals surface area contributed by atoms with Crippen molar-refractivity contribution in [3.63, 3.8) is 0 Å². The zero-order valence-electron chi connectivity index (χ0n) is 9.75. The molecule has 3 atom stereocenters. The van der Waals surface area contributed by atoms with E-state index in [-0.39, 0.29) is 0 Å². The summed E-state index contributed by atoms with van der Waals surface area (Å²) in [6.07, 6.45) is -15.0. The first-order chi connectivity index (χ1) is 9.19. The van der Waals surface area contributed by atoms with E-state index in [4.69, 9.17) is 0 Å². The number of benzene rings is 1. The highest BCUT2D eigenvalue weighted by Gasteiger charge is 2.51. The van der Waals surface area contributed by atoms with Crippen LogP contribution in [0.4, 0.5) is 30.7 Å². The highest BCUT2D eigenvalue weighted by molar-refractivity contribution is 5.88. The lowest BCUT2D eigenvalue weighted by molar-refractivity contribution is -0.152. The fourth-order valence-corrected chi connectivity index (χ4v) is 1.41. The predicted octanol–water partition coefficient (Wildman–Crippen LogP) is 3.63. The van der Waals surface area contributed by atoms with E-state index in [1.807, 2.05) is 0 Å². The van der Waals surface area contributed by atoms with Crippen molar-refractivity contribution in [3.8, 4) is 0 Å². The summed E-state index contributed by atoms with van der Waals surface area (Å²) in [5.41, 5.74) is -0.944. The van der Waals surface area contributed by atoms with Gasteiger partial charge in [0.05, 0.1) is 0 Å². The molecule has 1 aromatic carbocycles. The monoisotopic (exact) mass is 302 g/mol. The van der Waals surface area contributed by atoms with Crippen LogP contribution >= 0.6 is 0 Å². The van der Waals surface area contributed by atoms with Gasteiger partial charge in [0, 0.05) is 5.56 Å². The first-order valence-electron chi connectivity index (χ1n) is 5.37. The summed E-state index contributed by atoms with van der Waals surface area (Å²) in [5.74, 6) is -6.99. The molecule has 3 unspecified atom stereocenters. The normalized spacial score (nSPS) is 16.8. The van der Waals surface area contributed by atoms with Crippen molar-refractivity contribution in [2.45, 2.75) is 30.9 Å². The molecule has 0 saturated heterocycles. The van der Waals surface area contributed by atoms with E-state index in [1.165, 1.54) is 6.07 Å². The van der Waals surface area contributed by atoms with Crippen LogP contribution in [0.3, 0.4) is 0 Å². The van der Waals surface area contributed by atoms with Crippen LogP contribution < -0.4 is 0 Å². The minimum atomic E-state index is -4.44. The number of Topliss-reactive ketones (excluding diaryl/α,β-unsaturated/α-hetero) is 1. The Morgan fingerprint density at radius 2 is 1.45 bits per heavy atom. The van der Waals surface area contributed by atoms with Gasteiger partial charge in [-0.2, -0.15) is 8.78 Å². The van der Waals surface area contributed by atoms with Crippen molar-refractivity contribution >= 4 is 5.78 Å². The molecular formula is C12H9F7O. The fraction of sp³-hybridized carbons (Fsp3) is 0.417. The number of hydrogen-bond donors (Lipinski definition) is 0. The number of rotatable bonds is 6. The molecule has 0 aliphatic rings. The number of alkyl halides is 7. The van der Waals surface area contributed by atoms with Crippen molar-refractivity contribution in [1.82, 2.24) is 0 Å². The van der Waals surface area contributed by atoms with Crippen molar-refractivity contribution in [2.75, 3.05) is 0 Å². The lowest BCUT2D eigenvalue weighted by Crippen LogP contribution is -2.43. The Balaban J connectivity index is 2.93. The third-order valence-electron chi connectivity index (χ3n) is 2.52. The molecule has 0 saturated carbocycles. The average molecular weight is 302 g/mol. The van der Waals surface area contributed by atoms with Crippen LogP contribution in [0.5, 0.6) is 0 Å². The van der Waals surface area contributed by atoms with Crippen molar-refractivity contribution in [3.05, 3.63) is 35.9 Å². The number of ketones is 1. The lowest BCUT2D eigenvalue weighted by atomic mass is 9.98. The molecule has 1 nitrogen and oxygen atoms in total. The average Bonchev–Trinajstić information content (AvgIpc) is 2.44. The molecule has 1 rings (SSSR count). The van der Waals surface area contributed by atoms with Crippen LogP contribution in [-0.4, -0.2) is 30.7 Å². The molecule has 8 heteroatoms. The SMILES string of the molecule is O=C(C(F)C(F)C(F)F)C(F)C(F)(F)c1ccccc1. The Labute approximate surface area is 109 Å². The summed E-state index contributed by atoms with van der Waals surface area (Å²) in [4.78, 5) is 11.0. The fourth-order valence-electron chi connectivity index (χ4n) is 1.41. The Morgan fingerprint density at radius 1 is 0.950 bits per heavy atom. The maximum atomic E-state index is 13.6. The molecular weight excluding hydrogens is 293 g/mol. The van der Waals surface area contributed by atoms with E-state index in [0.717, 1.165) is 24.3 Å². The third kappa shape index (κ3) is 3.29. The molecule has 112 valence electrons. The molecule has 0 aliphatic carbocycles. The molecule has 0 spiro atoms. The van der Waals surface area contributed by atoms with Gasteiger partial charge in [0.2, 0.25) is 12.0 Å². The summed E-state index contributed by atoms with van der Waals surface area (Å²) in [5, 5.41) is 0. The number of carbonyl (C=O) groups excluding carboxylic acids is 1. The van der Waals surface area contributed by atoms with Crippen LogP contribution in [0, 0.1) is 0 Å². The van der Waals surface area contributed by atoms with E-state index in [2.05, 4.69) is 0 Å². The topological polar surface area (TPSA) is 17.1 Å². The summed E-state index contributed by atoms with van der Waals surface area (Å²) in [7, 11) is 0. The summed E-state index contributed by atoms with van der Waals surface area (Å²) in [6.45, 7) is 0. The van der Waals surface area contributed by atoms with Crippen molar-refractivity contribution < 1.29 is 35.5 Å². The Bertz CT molecular complexity index is 448. The van der Waals surface area contributed by atoms with Gasteiger partial charge >= 0.3 is 5.92 Å². The summed E-state index contributed by atoms with van der Waals surface area (Å²) < 4.78 is 89.7. The van der Waals surface area contributed by atoms with Gasteiger partial charge < -0.3 is 0 Å². The van der Waals surface area contributed by atoms with E-state index in [9.17, 15) is 35.5 Å². The van der Waals surface area contributed by atoms with Gasteiger partial charge in [-0.25, -0.2) is 22.0 Å². The zero-order valence-corrected chi connectivity index (χ0v) is 9.75. The summed E-state index contributed by atoms with van der Waals surface area (Å²) in [6, 6.07) is 5.11. The van der Waals surface area contributed by atoms with Gasteiger partial charge in [-0.15, -0.1) is 0 Å². The minimum absolute atomic E-state index is 0.771.